The highest BCUT2D eigenvalue weighted by Crippen LogP contribution is 2.16. The van der Waals surface area contributed by atoms with Gasteiger partial charge in [-0.25, -0.2) is 0 Å². The van der Waals surface area contributed by atoms with Gasteiger partial charge in [-0.2, -0.15) is 0 Å². The minimum absolute atomic E-state index is 0.298. The van der Waals surface area contributed by atoms with Gasteiger partial charge in [0, 0.05) is 0 Å². The molecule has 0 aliphatic heterocycles. The summed E-state index contributed by atoms with van der Waals surface area (Å²) in [6.45, 7) is -2.02. The normalized spacial score (nSPS) is 11.0. The highest BCUT2D eigenvalue weighted by molar-refractivity contribution is 5.78. The second-order valence-electron chi connectivity index (χ2n) is 4.27. The Bertz CT molecular complexity index is 407. The van der Waals surface area contributed by atoms with Crippen molar-refractivity contribution in [1.29, 1.82) is 0 Å². The number of aliphatic hydroxyl groups is 3. The summed E-state index contributed by atoms with van der Waals surface area (Å²) in [6, 6.07) is 6.66. The molecule has 0 fully saturated rings. The molecule has 0 saturated carbocycles. The molecular weight excluding hydrogens is 266 g/mol. The largest absolute Gasteiger partial charge is 0.497 e. The SMILES string of the molecule is COc1ccc(OCC(=O)NC(CO)(CO)CO)cc1. The quantitative estimate of drug-likeness (QED) is 0.483. The number of hydrogen-bond acceptors (Lipinski definition) is 6. The van der Waals surface area contributed by atoms with Gasteiger partial charge in [-0.3, -0.25) is 4.79 Å². The fourth-order valence-corrected chi connectivity index (χ4v) is 1.42. The molecule has 1 aromatic carbocycles. The Kier molecular flexibility index (Phi) is 6.23. The topological polar surface area (TPSA) is 108 Å². The van der Waals surface area contributed by atoms with Crippen LogP contribution in [0.2, 0.25) is 0 Å². The van der Waals surface area contributed by atoms with E-state index in [1.807, 2.05) is 0 Å². The molecule has 20 heavy (non-hydrogen) atoms. The van der Waals surface area contributed by atoms with Gasteiger partial charge in [0.15, 0.2) is 6.61 Å². The summed E-state index contributed by atoms with van der Waals surface area (Å²) in [5, 5.41) is 29.6. The van der Waals surface area contributed by atoms with Crippen LogP contribution in [-0.2, 0) is 4.79 Å². The van der Waals surface area contributed by atoms with E-state index < -0.39 is 31.3 Å². The second-order valence-corrected chi connectivity index (χ2v) is 4.27. The van der Waals surface area contributed by atoms with Crippen LogP contribution in [0.15, 0.2) is 24.3 Å². The van der Waals surface area contributed by atoms with Gasteiger partial charge in [-0.1, -0.05) is 0 Å². The minimum atomic E-state index is -1.44. The second kappa shape index (κ2) is 7.68. The molecule has 0 bridgehead atoms. The summed E-state index contributed by atoms with van der Waals surface area (Å²) < 4.78 is 10.2. The van der Waals surface area contributed by atoms with E-state index in [1.165, 1.54) is 0 Å². The fourth-order valence-electron chi connectivity index (χ4n) is 1.42. The average Bonchev–Trinajstić information content (AvgIpc) is 2.51. The van der Waals surface area contributed by atoms with Gasteiger partial charge >= 0.3 is 0 Å². The zero-order valence-corrected chi connectivity index (χ0v) is 11.2. The van der Waals surface area contributed by atoms with E-state index in [4.69, 9.17) is 24.8 Å². The standard InChI is InChI=1S/C13H19NO6/c1-19-10-2-4-11(5-3-10)20-6-12(18)14-13(7-15,8-16)9-17/h2-5,15-17H,6-9H2,1H3,(H,14,18). The Labute approximate surface area is 116 Å². The molecule has 0 radical (unpaired) electrons. The molecular formula is C13H19NO6. The van der Waals surface area contributed by atoms with Crippen LogP contribution in [0.3, 0.4) is 0 Å². The zero-order chi connectivity index (χ0) is 15.0. The van der Waals surface area contributed by atoms with E-state index in [1.54, 1.807) is 31.4 Å². The molecule has 1 rings (SSSR count). The number of amides is 1. The van der Waals surface area contributed by atoms with Crippen LogP contribution in [0.4, 0.5) is 0 Å². The van der Waals surface area contributed by atoms with Crippen molar-refractivity contribution >= 4 is 5.91 Å². The van der Waals surface area contributed by atoms with Crippen molar-refractivity contribution in [2.24, 2.45) is 0 Å². The average molecular weight is 285 g/mol. The summed E-state index contributed by atoms with van der Waals surface area (Å²) in [7, 11) is 1.54. The lowest BCUT2D eigenvalue weighted by Crippen LogP contribution is -2.58. The van der Waals surface area contributed by atoms with Crippen LogP contribution in [0.1, 0.15) is 0 Å². The van der Waals surface area contributed by atoms with E-state index in [2.05, 4.69) is 5.32 Å². The van der Waals surface area contributed by atoms with Crippen molar-refractivity contribution in [2.45, 2.75) is 5.54 Å². The molecule has 0 aliphatic rings. The number of benzene rings is 1. The lowest BCUT2D eigenvalue weighted by atomic mass is 10.0. The first kappa shape index (κ1) is 16.2. The monoisotopic (exact) mass is 285 g/mol. The molecule has 1 aromatic rings. The molecule has 0 saturated heterocycles. The summed E-state index contributed by atoms with van der Waals surface area (Å²) in [5.41, 5.74) is -1.44. The van der Waals surface area contributed by atoms with Gasteiger partial charge < -0.3 is 30.1 Å². The number of carbonyl (C=O) groups is 1. The summed E-state index contributed by atoms with van der Waals surface area (Å²) in [5.74, 6) is 0.586. The molecule has 7 heteroatoms. The van der Waals surface area contributed by atoms with E-state index in [-0.39, 0.29) is 6.61 Å². The van der Waals surface area contributed by atoms with Crippen molar-refractivity contribution < 1.29 is 29.6 Å². The maximum absolute atomic E-state index is 11.6. The molecule has 0 spiro atoms. The summed E-state index contributed by atoms with van der Waals surface area (Å²) in [6.07, 6.45) is 0. The molecule has 0 unspecified atom stereocenters. The van der Waals surface area contributed by atoms with Crippen molar-refractivity contribution in [3.05, 3.63) is 24.3 Å². The Morgan fingerprint density at radius 1 is 1.10 bits per heavy atom. The van der Waals surface area contributed by atoms with Crippen LogP contribution in [0.5, 0.6) is 11.5 Å². The van der Waals surface area contributed by atoms with Crippen LogP contribution in [-0.4, -0.2) is 60.3 Å². The molecule has 1 amide bonds. The fraction of sp³-hybridized carbons (Fsp3) is 0.462. The van der Waals surface area contributed by atoms with Crippen molar-refractivity contribution in [3.63, 3.8) is 0 Å². The third kappa shape index (κ3) is 4.37. The van der Waals surface area contributed by atoms with E-state index in [9.17, 15) is 4.79 Å². The molecule has 0 aromatic heterocycles. The molecule has 0 heterocycles. The molecule has 0 atom stereocenters. The zero-order valence-electron chi connectivity index (χ0n) is 11.2. The first-order valence-electron chi connectivity index (χ1n) is 5.99. The van der Waals surface area contributed by atoms with Crippen LogP contribution in [0, 0.1) is 0 Å². The van der Waals surface area contributed by atoms with Gasteiger partial charge in [0.05, 0.1) is 26.9 Å². The third-order valence-corrected chi connectivity index (χ3v) is 2.74. The number of hydrogen-bond donors (Lipinski definition) is 4. The first-order valence-corrected chi connectivity index (χ1v) is 5.99. The predicted molar refractivity (Wildman–Crippen MR) is 70.6 cm³/mol. The van der Waals surface area contributed by atoms with Gasteiger partial charge in [0.1, 0.15) is 17.0 Å². The Morgan fingerprint density at radius 2 is 1.60 bits per heavy atom. The van der Waals surface area contributed by atoms with E-state index in [0.717, 1.165) is 0 Å². The molecule has 112 valence electrons. The van der Waals surface area contributed by atoms with Crippen LogP contribution < -0.4 is 14.8 Å². The number of ether oxygens (including phenoxy) is 2. The maximum atomic E-state index is 11.6. The minimum Gasteiger partial charge on any atom is -0.497 e. The smallest absolute Gasteiger partial charge is 0.258 e. The number of carbonyl (C=O) groups excluding carboxylic acids is 1. The van der Waals surface area contributed by atoms with Gasteiger partial charge in [-0.05, 0) is 24.3 Å². The Morgan fingerprint density at radius 3 is 2.05 bits per heavy atom. The van der Waals surface area contributed by atoms with Gasteiger partial charge in [0.25, 0.3) is 5.91 Å². The molecule has 0 aliphatic carbocycles. The van der Waals surface area contributed by atoms with Crippen molar-refractivity contribution in [2.75, 3.05) is 33.5 Å². The highest BCUT2D eigenvalue weighted by atomic mass is 16.5. The lowest BCUT2D eigenvalue weighted by molar-refractivity contribution is -0.127. The van der Waals surface area contributed by atoms with Crippen molar-refractivity contribution in [1.82, 2.24) is 5.32 Å². The van der Waals surface area contributed by atoms with E-state index >= 15 is 0 Å². The maximum Gasteiger partial charge on any atom is 0.258 e. The Balaban J connectivity index is 2.50. The highest BCUT2D eigenvalue weighted by Gasteiger charge is 2.29. The van der Waals surface area contributed by atoms with Crippen molar-refractivity contribution in [3.8, 4) is 11.5 Å². The Hall–Kier alpha value is -1.83. The van der Waals surface area contributed by atoms with Gasteiger partial charge in [0.2, 0.25) is 0 Å². The third-order valence-electron chi connectivity index (χ3n) is 2.74. The lowest BCUT2D eigenvalue weighted by Gasteiger charge is -2.28. The number of aliphatic hydroxyl groups excluding tert-OH is 3. The number of methoxy groups -OCH3 is 1. The summed E-state index contributed by atoms with van der Waals surface area (Å²) >= 11 is 0. The predicted octanol–water partition coefficient (Wildman–Crippen LogP) is -1.09. The number of rotatable bonds is 8. The molecule has 7 nitrogen and oxygen atoms in total. The first-order chi connectivity index (χ1) is 9.59. The van der Waals surface area contributed by atoms with Crippen LogP contribution in [0.25, 0.3) is 0 Å². The summed E-state index contributed by atoms with van der Waals surface area (Å²) in [4.78, 5) is 11.6. The molecule has 4 N–H and O–H groups in total. The van der Waals surface area contributed by atoms with Crippen LogP contribution >= 0.6 is 0 Å². The van der Waals surface area contributed by atoms with E-state index in [0.29, 0.717) is 11.5 Å². The van der Waals surface area contributed by atoms with Gasteiger partial charge in [-0.15, -0.1) is 0 Å². The number of nitrogens with one attached hydrogen (secondary N) is 1.